The molecule has 0 aromatic carbocycles. The number of nitrogens with zero attached hydrogens (tertiary/aromatic N) is 2. The molecule has 1 aliphatic rings. The first-order valence-corrected chi connectivity index (χ1v) is 7.70. The van der Waals surface area contributed by atoms with Gasteiger partial charge in [-0.2, -0.15) is 0 Å². The molecule has 0 radical (unpaired) electrons. The minimum atomic E-state index is -0.300. The van der Waals surface area contributed by atoms with Crippen LogP contribution in [0.4, 0.5) is 0 Å². The second kappa shape index (κ2) is 7.72. The average Bonchev–Trinajstić information content (AvgIpc) is 2.92. The second-order valence-corrected chi connectivity index (χ2v) is 6.08. The standard InChI is InChI=1S/C16H27N3O/c1-13(2)16(14-6-5-7-17-10-14)18-11-15(20)12-19-8-3-4-9-19/h5-7,10,13,15-16,18,20H,3-4,8-9,11-12H2,1-2H3. The summed E-state index contributed by atoms with van der Waals surface area (Å²) in [6.07, 6.45) is 5.94. The van der Waals surface area contributed by atoms with Crippen molar-refractivity contribution in [2.45, 2.75) is 38.8 Å². The first-order valence-electron chi connectivity index (χ1n) is 7.70. The highest BCUT2D eigenvalue weighted by atomic mass is 16.3. The smallest absolute Gasteiger partial charge is 0.0791 e. The summed E-state index contributed by atoms with van der Waals surface area (Å²) in [6, 6.07) is 4.31. The molecule has 4 nitrogen and oxygen atoms in total. The van der Waals surface area contributed by atoms with Gasteiger partial charge in [0.25, 0.3) is 0 Å². The van der Waals surface area contributed by atoms with Crippen LogP contribution in [-0.2, 0) is 0 Å². The first-order chi connectivity index (χ1) is 9.66. The predicted octanol–water partition coefficient (Wildman–Crippen LogP) is 1.82. The highest BCUT2D eigenvalue weighted by molar-refractivity contribution is 5.14. The number of hydrogen-bond donors (Lipinski definition) is 2. The van der Waals surface area contributed by atoms with E-state index in [0.29, 0.717) is 12.5 Å². The normalized spacial score (nSPS) is 19.4. The Labute approximate surface area is 122 Å². The molecule has 1 aliphatic heterocycles. The van der Waals surface area contributed by atoms with Gasteiger partial charge in [-0.1, -0.05) is 19.9 Å². The summed E-state index contributed by atoms with van der Waals surface area (Å²) in [5.74, 6) is 0.471. The van der Waals surface area contributed by atoms with Crippen molar-refractivity contribution in [3.63, 3.8) is 0 Å². The molecule has 2 N–H and O–H groups in total. The zero-order valence-corrected chi connectivity index (χ0v) is 12.6. The lowest BCUT2D eigenvalue weighted by Crippen LogP contribution is -2.39. The van der Waals surface area contributed by atoms with Crippen molar-refractivity contribution in [1.82, 2.24) is 15.2 Å². The first kappa shape index (κ1) is 15.4. The molecule has 1 aromatic rings. The molecule has 2 heterocycles. The number of aliphatic hydroxyl groups excluding tert-OH is 1. The SMILES string of the molecule is CC(C)C(NCC(O)CN1CCCC1)c1cccnc1. The van der Waals surface area contributed by atoms with Crippen LogP contribution in [0.15, 0.2) is 24.5 Å². The summed E-state index contributed by atoms with van der Waals surface area (Å²) in [6.45, 7) is 8.06. The highest BCUT2D eigenvalue weighted by Crippen LogP contribution is 2.20. The Morgan fingerprint density at radius 1 is 1.35 bits per heavy atom. The summed E-state index contributed by atoms with van der Waals surface area (Å²) in [5, 5.41) is 13.7. The third kappa shape index (κ3) is 4.54. The summed E-state index contributed by atoms with van der Waals surface area (Å²) in [5.41, 5.74) is 1.19. The topological polar surface area (TPSA) is 48.4 Å². The highest BCUT2D eigenvalue weighted by Gasteiger charge is 2.19. The molecule has 2 unspecified atom stereocenters. The molecule has 0 aliphatic carbocycles. The molecule has 112 valence electrons. The van der Waals surface area contributed by atoms with E-state index in [2.05, 4.69) is 35.1 Å². The maximum Gasteiger partial charge on any atom is 0.0791 e. The van der Waals surface area contributed by atoms with Gasteiger partial charge < -0.3 is 15.3 Å². The van der Waals surface area contributed by atoms with Gasteiger partial charge in [0.1, 0.15) is 0 Å². The Kier molecular flexibility index (Phi) is 5.95. The van der Waals surface area contributed by atoms with Gasteiger partial charge in [0, 0.05) is 31.5 Å². The molecule has 1 saturated heterocycles. The number of aromatic nitrogens is 1. The van der Waals surface area contributed by atoms with Gasteiger partial charge in [0.2, 0.25) is 0 Å². The van der Waals surface area contributed by atoms with Crippen LogP contribution >= 0.6 is 0 Å². The van der Waals surface area contributed by atoms with E-state index in [1.807, 2.05) is 12.3 Å². The summed E-state index contributed by atoms with van der Waals surface area (Å²) < 4.78 is 0. The average molecular weight is 277 g/mol. The molecule has 0 spiro atoms. The lowest BCUT2D eigenvalue weighted by molar-refractivity contribution is 0.118. The van der Waals surface area contributed by atoms with Crippen LogP contribution in [0.2, 0.25) is 0 Å². The van der Waals surface area contributed by atoms with Crippen molar-refractivity contribution in [2.24, 2.45) is 5.92 Å². The maximum atomic E-state index is 10.2. The van der Waals surface area contributed by atoms with E-state index in [1.54, 1.807) is 6.20 Å². The Bertz CT molecular complexity index is 377. The third-order valence-corrected chi connectivity index (χ3v) is 3.95. The number of pyridine rings is 1. The van der Waals surface area contributed by atoms with Crippen molar-refractivity contribution >= 4 is 0 Å². The van der Waals surface area contributed by atoms with Crippen molar-refractivity contribution in [3.05, 3.63) is 30.1 Å². The fourth-order valence-corrected chi connectivity index (χ4v) is 2.89. The third-order valence-electron chi connectivity index (χ3n) is 3.95. The molecule has 1 fully saturated rings. The van der Waals surface area contributed by atoms with Gasteiger partial charge in [-0.25, -0.2) is 0 Å². The molecule has 20 heavy (non-hydrogen) atoms. The number of β-amino-alcohol motifs (C(OH)–C–C–N with tert-alkyl or cyclic N) is 1. The lowest BCUT2D eigenvalue weighted by Gasteiger charge is -2.26. The van der Waals surface area contributed by atoms with E-state index >= 15 is 0 Å². The van der Waals surface area contributed by atoms with Gasteiger partial charge >= 0.3 is 0 Å². The van der Waals surface area contributed by atoms with Crippen LogP contribution in [0.25, 0.3) is 0 Å². The van der Waals surface area contributed by atoms with E-state index in [0.717, 1.165) is 19.6 Å². The van der Waals surface area contributed by atoms with Crippen LogP contribution in [0.5, 0.6) is 0 Å². The molecular formula is C16H27N3O. The zero-order chi connectivity index (χ0) is 14.4. The van der Waals surface area contributed by atoms with Crippen LogP contribution in [0, 0.1) is 5.92 Å². The largest absolute Gasteiger partial charge is 0.390 e. The fraction of sp³-hybridized carbons (Fsp3) is 0.688. The molecular weight excluding hydrogens is 250 g/mol. The van der Waals surface area contributed by atoms with Crippen LogP contribution in [-0.4, -0.2) is 47.3 Å². The van der Waals surface area contributed by atoms with E-state index in [1.165, 1.54) is 18.4 Å². The van der Waals surface area contributed by atoms with Crippen molar-refractivity contribution < 1.29 is 5.11 Å². The van der Waals surface area contributed by atoms with E-state index in [9.17, 15) is 5.11 Å². The number of aliphatic hydroxyl groups is 1. The Balaban J connectivity index is 1.82. The Morgan fingerprint density at radius 2 is 2.10 bits per heavy atom. The van der Waals surface area contributed by atoms with Crippen LogP contribution in [0.3, 0.4) is 0 Å². The number of nitrogens with one attached hydrogen (secondary N) is 1. The summed E-state index contributed by atoms with van der Waals surface area (Å²) >= 11 is 0. The van der Waals surface area contributed by atoms with Crippen molar-refractivity contribution in [3.8, 4) is 0 Å². The van der Waals surface area contributed by atoms with E-state index in [-0.39, 0.29) is 12.1 Å². The second-order valence-electron chi connectivity index (χ2n) is 6.08. The molecule has 0 bridgehead atoms. The van der Waals surface area contributed by atoms with E-state index in [4.69, 9.17) is 0 Å². The molecule has 2 atom stereocenters. The minimum absolute atomic E-state index is 0.247. The predicted molar refractivity (Wildman–Crippen MR) is 81.5 cm³/mol. The number of likely N-dealkylation sites (tertiary alicyclic amines) is 1. The van der Waals surface area contributed by atoms with Gasteiger partial charge in [-0.05, 0) is 43.5 Å². The van der Waals surface area contributed by atoms with Crippen molar-refractivity contribution in [2.75, 3.05) is 26.2 Å². The van der Waals surface area contributed by atoms with Gasteiger partial charge in [-0.3, -0.25) is 4.98 Å². The summed E-state index contributed by atoms with van der Waals surface area (Å²) in [4.78, 5) is 6.54. The Morgan fingerprint density at radius 3 is 2.70 bits per heavy atom. The van der Waals surface area contributed by atoms with Gasteiger partial charge in [-0.15, -0.1) is 0 Å². The van der Waals surface area contributed by atoms with E-state index < -0.39 is 0 Å². The Hall–Kier alpha value is -0.970. The molecule has 1 aromatic heterocycles. The van der Waals surface area contributed by atoms with Crippen LogP contribution in [0.1, 0.15) is 38.3 Å². The van der Waals surface area contributed by atoms with Gasteiger partial charge in [0.15, 0.2) is 0 Å². The van der Waals surface area contributed by atoms with Crippen molar-refractivity contribution in [1.29, 1.82) is 0 Å². The maximum absolute atomic E-state index is 10.2. The van der Waals surface area contributed by atoms with Gasteiger partial charge in [0.05, 0.1) is 6.10 Å². The monoisotopic (exact) mass is 277 g/mol. The molecule has 0 saturated carbocycles. The van der Waals surface area contributed by atoms with Crippen LogP contribution < -0.4 is 5.32 Å². The number of rotatable bonds is 7. The lowest BCUT2D eigenvalue weighted by atomic mass is 9.97. The quantitative estimate of drug-likeness (QED) is 0.798. The molecule has 2 rings (SSSR count). The molecule has 0 amide bonds. The number of hydrogen-bond acceptors (Lipinski definition) is 4. The zero-order valence-electron chi connectivity index (χ0n) is 12.6. The fourth-order valence-electron chi connectivity index (χ4n) is 2.89. The minimum Gasteiger partial charge on any atom is -0.390 e. The summed E-state index contributed by atoms with van der Waals surface area (Å²) in [7, 11) is 0. The molecule has 4 heteroatoms.